The first-order valence-electron chi connectivity index (χ1n) is 6.08. The van der Waals surface area contributed by atoms with Crippen LogP contribution in [0.4, 0.5) is 4.79 Å². The fourth-order valence-corrected chi connectivity index (χ4v) is 2.04. The molecule has 2 rings (SSSR count). The highest BCUT2D eigenvalue weighted by atomic mass is 16.2. The Hall–Kier alpha value is -0.810. The molecule has 16 heavy (non-hydrogen) atoms. The van der Waals surface area contributed by atoms with Crippen LogP contribution in [0.5, 0.6) is 0 Å². The minimum Gasteiger partial charge on any atom is -0.335 e. The first kappa shape index (κ1) is 11.7. The molecule has 2 fully saturated rings. The molecule has 1 aliphatic carbocycles. The van der Waals surface area contributed by atoms with Crippen molar-refractivity contribution in [1.29, 1.82) is 0 Å². The van der Waals surface area contributed by atoms with E-state index in [1.54, 1.807) is 4.90 Å². The van der Waals surface area contributed by atoms with Crippen molar-refractivity contribution in [3.8, 4) is 0 Å². The van der Waals surface area contributed by atoms with Gasteiger partial charge < -0.3 is 20.4 Å². The van der Waals surface area contributed by atoms with Gasteiger partial charge in [0.1, 0.15) is 0 Å². The van der Waals surface area contributed by atoms with E-state index in [0.717, 1.165) is 39.0 Å². The lowest BCUT2D eigenvalue weighted by atomic mass is 10.2. The zero-order valence-corrected chi connectivity index (χ0v) is 10.2. The summed E-state index contributed by atoms with van der Waals surface area (Å²) in [5.74, 6) is 0. The molecule has 1 aliphatic heterocycles. The standard InChI is InChI=1S/C11H22N4O/c1-14-6-5-12-10(7-14)8-15(2)11(16)13-9-3-4-9/h9-10,12H,3-8H2,1-2H3,(H,13,16). The van der Waals surface area contributed by atoms with Gasteiger partial charge >= 0.3 is 6.03 Å². The van der Waals surface area contributed by atoms with Crippen molar-refractivity contribution >= 4 is 6.03 Å². The molecule has 0 aromatic carbocycles. The van der Waals surface area contributed by atoms with Gasteiger partial charge in [-0.1, -0.05) is 0 Å². The van der Waals surface area contributed by atoms with Crippen molar-refractivity contribution in [3.63, 3.8) is 0 Å². The number of piperazine rings is 1. The van der Waals surface area contributed by atoms with Gasteiger partial charge in [0.15, 0.2) is 0 Å². The van der Waals surface area contributed by atoms with Crippen LogP contribution in [-0.2, 0) is 0 Å². The van der Waals surface area contributed by atoms with Gasteiger partial charge in [-0.05, 0) is 19.9 Å². The van der Waals surface area contributed by atoms with Crippen LogP contribution in [0.25, 0.3) is 0 Å². The minimum atomic E-state index is 0.0672. The third-order valence-electron chi connectivity index (χ3n) is 3.20. The molecule has 2 N–H and O–H groups in total. The van der Waals surface area contributed by atoms with Gasteiger partial charge in [-0.15, -0.1) is 0 Å². The molecule has 5 nitrogen and oxygen atoms in total. The van der Waals surface area contributed by atoms with E-state index in [1.807, 2.05) is 7.05 Å². The van der Waals surface area contributed by atoms with Crippen molar-refractivity contribution in [2.24, 2.45) is 0 Å². The topological polar surface area (TPSA) is 47.6 Å². The molecule has 0 bridgehead atoms. The minimum absolute atomic E-state index is 0.0672. The Kier molecular flexibility index (Phi) is 3.66. The quantitative estimate of drug-likeness (QED) is 0.694. The van der Waals surface area contributed by atoms with Gasteiger partial charge in [0.25, 0.3) is 0 Å². The predicted molar refractivity (Wildman–Crippen MR) is 63.5 cm³/mol. The van der Waals surface area contributed by atoms with Crippen molar-refractivity contribution in [2.45, 2.75) is 24.9 Å². The maximum atomic E-state index is 11.7. The molecule has 2 aliphatic rings. The Labute approximate surface area is 97.2 Å². The first-order valence-corrected chi connectivity index (χ1v) is 6.08. The second-order valence-corrected chi connectivity index (χ2v) is 5.02. The molecule has 1 heterocycles. The molecule has 1 unspecified atom stereocenters. The average Bonchev–Trinajstić information content (AvgIpc) is 3.01. The number of rotatable bonds is 3. The summed E-state index contributed by atoms with van der Waals surface area (Å²) in [5, 5.41) is 6.44. The Morgan fingerprint density at radius 1 is 1.56 bits per heavy atom. The van der Waals surface area contributed by atoms with Crippen LogP contribution in [0, 0.1) is 0 Å². The number of amides is 2. The summed E-state index contributed by atoms with van der Waals surface area (Å²) in [4.78, 5) is 15.8. The van der Waals surface area contributed by atoms with Crippen LogP contribution in [0.1, 0.15) is 12.8 Å². The zero-order chi connectivity index (χ0) is 11.5. The van der Waals surface area contributed by atoms with Crippen molar-refractivity contribution in [1.82, 2.24) is 20.4 Å². The molecular weight excluding hydrogens is 204 g/mol. The molecular formula is C11H22N4O. The number of nitrogens with one attached hydrogen (secondary N) is 2. The smallest absolute Gasteiger partial charge is 0.317 e. The Bertz CT molecular complexity index is 254. The molecule has 1 saturated heterocycles. The molecule has 1 saturated carbocycles. The summed E-state index contributed by atoms with van der Waals surface area (Å²) < 4.78 is 0. The van der Waals surface area contributed by atoms with E-state index in [0.29, 0.717) is 12.1 Å². The predicted octanol–water partition coefficient (Wildman–Crippen LogP) is -0.306. The maximum absolute atomic E-state index is 11.7. The SMILES string of the molecule is CN1CCNC(CN(C)C(=O)NC2CC2)C1. The Morgan fingerprint density at radius 3 is 2.94 bits per heavy atom. The first-order chi connectivity index (χ1) is 7.65. The highest BCUT2D eigenvalue weighted by Crippen LogP contribution is 2.18. The van der Waals surface area contributed by atoms with E-state index in [1.165, 1.54) is 0 Å². The van der Waals surface area contributed by atoms with E-state index in [2.05, 4.69) is 22.6 Å². The fraction of sp³-hybridized carbons (Fsp3) is 0.909. The molecule has 0 spiro atoms. The summed E-state index contributed by atoms with van der Waals surface area (Å²) >= 11 is 0. The summed E-state index contributed by atoms with van der Waals surface area (Å²) in [7, 11) is 3.99. The molecule has 2 amide bonds. The third kappa shape index (κ3) is 3.35. The normalized spacial score (nSPS) is 26.5. The van der Waals surface area contributed by atoms with Crippen LogP contribution in [-0.4, -0.2) is 68.2 Å². The molecule has 0 aromatic heterocycles. The fourth-order valence-electron chi connectivity index (χ4n) is 2.04. The van der Waals surface area contributed by atoms with E-state index in [-0.39, 0.29) is 6.03 Å². The summed E-state index contributed by atoms with van der Waals surface area (Å²) in [5.41, 5.74) is 0. The van der Waals surface area contributed by atoms with Gasteiger partial charge in [0.05, 0.1) is 0 Å². The Morgan fingerprint density at radius 2 is 2.31 bits per heavy atom. The second kappa shape index (κ2) is 5.01. The highest BCUT2D eigenvalue weighted by molar-refractivity contribution is 5.74. The van der Waals surface area contributed by atoms with Crippen LogP contribution in [0.15, 0.2) is 0 Å². The summed E-state index contributed by atoms with van der Waals surface area (Å²) in [6, 6.07) is 0.906. The number of hydrogen-bond acceptors (Lipinski definition) is 3. The van der Waals surface area contributed by atoms with Gasteiger partial charge in [0.2, 0.25) is 0 Å². The number of likely N-dealkylation sites (N-methyl/N-ethyl adjacent to an activating group) is 2. The van der Waals surface area contributed by atoms with E-state index >= 15 is 0 Å². The van der Waals surface area contributed by atoms with Crippen LogP contribution in [0.2, 0.25) is 0 Å². The van der Waals surface area contributed by atoms with E-state index < -0.39 is 0 Å². The van der Waals surface area contributed by atoms with Crippen molar-refractivity contribution in [2.75, 3.05) is 40.3 Å². The highest BCUT2D eigenvalue weighted by Gasteiger charge is 2.26. The monoisotopic (exact) mass is 226 g/mol. The molecule has 92 valence electrons. The maximum Gasteiger partial charge on any atom is 0.317 e. The van der Waals surface area contributed by atoms with Crippen molar-refractivity contribution in [3.05, 3.63) is 0 Å². The summed E-state index contributed by atoms with van der Waals surface area (Å²) in [6.07, 6.45) is 2.29. The zero-order valence-electron chi connectivity index (χ0n) is 10.2. The number of carbonyl (C=O) groups excluding carboxylic acids is 1. The number of nitrogens with zero attached hydrogens (tertiary/aromatic N) is 2. The average molecular weight is 226 g/mol. The lowest BCUT2D eigenvalue weighted by Gasteiger charge is -2.33. The lowest BCUT2D eigenvalue weighted by molar-refractivity contribution is 0.181. The van der Waals surface area contributed by atoms with E-state index in [9.17, 15) is 4.79 Å². The second-order valence-electron chi connectivity index (χ2n) is 5.02. The summed E-state index contributed by atoms with van der Waals surface area (Å²) in [6.45, 7) is 3.90. The van der Waals surface area contributed by atoms with Crippen molar-refractivity contribution < 1.29 is 4.79 Å². The van der Waals surface area contributed by atoms with E-state index in [4.69, 9.17) is 0 Å². The van der Waals surface area contributed by atoms with Gasteiger partial charge in [0, 0.05) is 45.3 Å². The Balaban J connectivity index is 1.72. The molecule has 1 atom stereocenters. The largest absolute Gasteiger partial charge is 0.335 e. The number of carbonyl (C=O) groups is 1. The third-order valence-corrected chi connectivity index (χ3v) is 3.20. The molecule has 0 radical (unpaired) electrons. The van der Waals surface area contributed by atoms with Crippen LogP contribution >= 0.6 is 0 Å². The lowest BCUT2D eigenvalue weighted by Crippen LogP contribution is -2.55. The number of urea groups is 1. The van der Waals surface area contributed by atoms with Crippen LogP contribution in [0.3, 0.4) is 0 Å². The van der Waals surface area contributed by atoms with Crippen LogP contribution < -0.4 is 10.6 Å². The molecule has 5 heteroatoms. The molecule has 0 aromatic rings. The number of hydrogen-bond donors (Lipinski definition) is 2. The van der Waals surface area contributed by atoms with Gasteiger partial charge in [-0.2, -0.15) is 0 Å². The van der Waals surface area contributed by atoms with Gasteiger partial charge in [-0.3, -0.25) is 0 Å². The van der Waals surface area contributed by atoms with Gasteiger partial charge in [-0.25, -0.2) is 4.79 Å².